The van der Waals surface area contributed by atoms with E-state index in [-0.39, 0.29) is 18.3 Å². The number of amides is 1. The fourth-order valence-corrected chi connectivity index (χ4v) is 1.94. The monoisotopic (exact) mass is 297 g/mol. The van der Waals surface area contributed by atoms with Crippen molar-refractivity contribution in [1.82, 2.24) is 10.2 Å². The summed E-state index contributed by atoms with van der Waals surface area (Å²) in [7, 11) is 0. The number of hydrogen-bond acceptors (Lipinski definition) is 2. The molecule has 1 aromatic rings. The van der Waals surface area contributed by atoms with E-state index < -0.39 is 0 Å². The van der Waals surface area contributed by atoms with Crippen LogP contribution in [0.4, 0.5) is 10.1 Å². The second kappa shape index (κ2) is 7.79. The van der Waals surface area contributed by atoms with Gasteiger partial charge in [0.05, 0.1) is 6.54 Å². The molecule has 1 amide bonds. The highest BCUT2D eigenvalue weighted by Gasteiger charge is 2.12. The number of carbonyl (C=O) groups is 1. The Hall–Kier alpha value is -1.69. The molecule has 4 nitrogen and oxygen atoms in total. The van der Waals surface area contributed by atoms with E-state index >= 15 is 0 Å². The Labute approximate surface area is 124 Å². The summed E-state index contributed by atoms with van der Waals surface area (Å²) in [6.07, 6.45) is 0. The molecule has 0 fully saturated rings. The van der Waals surface area contributed by atoms with Crippen LogP contribution in [0.25, 0.3) is 0 Å². The Morgan fingerprint density at radius 1 is 1.40 bits per heavy atom. The van der Waals surface area contributed by atoms with Crippen molar-refractivity contribution >= 4 is 28.9 Å². The van der Waals surface area contributed by atoms with Crippen LogP contribution in [-0.4, -0.2) is 35.6 Å². The fourth-order valence-electron chi connectivity index (χ4n) is 1.63. The predicted octanol–water partition coefficient (Wildman–Crippen LogP) is 2.29. The first-order valence-electron chi connectivity index (χ1n) is 6.56. The van der Waals surface area contributed by atoms with Crippen molar-refractivity contribution in [1.29, 1.82) is 0 Å². The summed E-state index contributed by atoms with van der Waals surface area (Å²) < 4.78 is 13.5. The van der Waals surface area contributed by atoms with Crippen LogP contribution in [0.1, 0.15) is 19.4 Å². The van der Waals surface area contributed by atoms with Crippen LogP contribution < -0.4 is 10.6 Å². The summed E-state index contributed by atoms with van der Waals surface area (Å²) in [4.78, 5) is 13.3. The van der Waals surface area contributed by atoms with E-state index in [0.717, 1.165) is 0 Å². The molecule has 0 unspecified atom stereocenters. The first-order chi connectivity index (χ1) is 9.47. The summed E-state index contributed by atoms with van der Waals surface area (Å²) in [6, 6.07) is 4.83. The van der Waals surface area contributed by atoms with Crippen LogP contribution in [0, 0.1) is 12.7 Å². The predicted molar refractivity (Wildman–Crippen MR) is 83.3 cm³/mol. The molecule has 1 rings (SSSR count). The molecular formula is C14H20FN3OS. The number of likely N-dealkylation sites (N-methyl/N-ethyl adjacent to an activating group) is 2. The van der Waals surface area contributed by atoms with Gasteiger partial charge in [-0.15, -0.1) is 0 Å². The molecule has 0 radical (unpaired) electrons. The number of carbonyl (C=O) groups excluding carboxylic acids is 1. The summed E-state index contributed by atoms with van der Waals surface area (Å²) in [5.74, 6) is -0.377. The van der Waals surface area contributed by atoms with Gasteiger partial charge in [0.25, 0.3) is 0 Å². The van der Waals surface area contributed by atoms with E-state index in [2.05, 4.69) is 10.6 Å². The maximum absolute atomic E-state index is 13.5. The molecule has 110 valence electrons. The highest BCUT2D eigenvalue weighted by atomic mass is 32.1. The second-order valence-electron chi connectivity index (χ2n) is 4.36. The molecular weight excluding hydrogens is 277 g/mol. The SMILES string of the molecule is CCNC(=O)CN(CC)C(=S)Nc1ccc(C)c(F)c1. The first kappa shape index (κ1) is 16.4. The van der Waals surface area contributed by atoms with Crippen molar-refractivity contribution in [2.45, 2.75) is 20.8 Å². The highest BCUT2D eigenvalue weighted by Crippen LogP contribution is 2.14. The average molecular weight is 297 g/mol. The molecule has 20 heavy (non-hydrogen) atoms. The van der Waals surface area contributed by atoms with Gasteiger partial charge in [-0.1, -0.05) is 6.07 Å². The molecule has 0 heterocycles. The van der Waals surface area contributed by atoms with E-state index in [4.69, 9.17) is 12.2 Å². The van der Waals surface area contributed by atoms with Crippen molar-refractivity contribution in [3.63, 3.8) is 0 Å². The van der Waals surface area contributed by atoms with Gasteiger partial charge in [0.2, 0.25) is 5.91 Å². The Kier molecular flexibility index (Phi) is 6.38. The lowest BCUT2D eigenvalue weighted by atomic mass is 10.2. The molecule has 0 bridgehead atoms. The Balaban J connectivity index is 2.67. The van der Waals surface area contributed by atoms with Gasteiger partial charge in [0, 0.05) is 18.8 Å². The topological polar surface area (TPSA) is 44.4 Å². The summed E-state index contributed by atoms with van der Waals surface area (Å²) in [6.45, 7) is 6.83. The van der Waals surface area contributed by atoms with Gasteiger partial charge in [0.1, 0.15) is 5.82 Å². The largest absolute Gasteiger partial charge is 0.355 e. The van der Waals surface area contributed by atoms with Crippen molar-refractivity contribution in [2.24, 2.45) is 0 Å². The highest BCUT2D eigenvalue weighted by molar-refractivity contribution is 7.80. The Bertz CT molecular complexity index is 493. The quantitative estimate of drug-likeness (QED) is 0.819. The Morgan fingerprint density at radius 3 is 2.65 bits per heavy atom. The van der Waals surface area contributed by atoms with Gasteiger partial charge in [0.15, 0.2) is 5.11 Å². The smallest absolute Gasteiger partial charge is 0.239 e. The lowest BCUT2D eigenvalue weighted by Crippen LogP contribution is -2.42. The van der Waals surface area contributed by atoms with E-state index in [9.17, 15) is 9.18 Å². The van der Waals surface area contributed by atoms with Gasteiger partial charge in [-0.25, -0.2) is 4.39 Å². The minimum Gasteiger partial charge on any atom is -0.355 e. The van der Waals surface area contributed by atoms with Gasteiger partial charge in [-0.05, 0) is 50.7 Å². The van der Waals surface area contributed by atoms with E-state index in [1.54, 1.807) is 24.0 Å². The van der Waals surface area contributed by atoms with Gasteiger partial charge < -0.3 is 15.5 Å². The van der Waals surface area contributed by atoms with Crippen LogP contribution in [-0.2, 0) is 4.79 Å². The second-order valence-corrected chi connectivity index (χ2v) is 4.75. The number of halogens is 1. The number of aryl methyl sites for hydroxylation is 1. The zero-order valence-corrected chi connectivity index (χ0v) is 12.8. The number of rotatable bonds is 5. The van der Waals surface area contributed by atoms with E-state index in [1.165, 1.54) is 6.07 Å². The molecule has 0 aliphatic rings. The zero-order chi connectivity index (χ0) is 15.1. The van der Waals surface area contributed by atoms with E-state index in [0.29, 0.717) is 29.5 Å². The number of nitrogens with zero attached hydrogens (tertiary/aromatic N) is 1. The van der Waals surface area contributed by atoms with Crippen LogP contribution in [0.5, 0.6) is 0 Å². The number of anilines is 1. The van der Waals surface area contributed by atoms with Crippen LogP contribution in [0.15, 0.2) is 18.2 Å². The average Bonchev–Trinajstić information content (AvgIpc) is 2.40. The van der Waals surface area contributed by atoms with Crippen LogP contribution >= 0.6 is 12.2 Å². The Morgan fingerprint density at radius 2 is 2.10 bits per heavy atom. The number of thiocarbonyl (C=S) groups is 1. The molecule has 0 saturated heterocycles. The van der Waals surface area contributed by atoms with Crippen molar-refractivity contribution in [3.8, 4) is 0 Å². The maximum Gasteiger partial charge on any atom is 0.239 e. The molecule has 6 heteroatoms. The van der Waals surface area contributed by atoms with Crippen molar-refractivity contribution in [3.05, 3.63) is 29.6 Å². The van der Waals surface area contributed by atoms with Gasteiger partial charge in [-0.2, -0.15) is 0 Å². The van der Waals surface area contributed by atoms with Crippen LogP contribution in [0.3, 0.4) is 0 Å². The normalized spacial score (nSPS) is 10.0. The number of nitrogens with one attached hydrogen (secondary N) is 2. The van der Waals surface area contributed by atoms with Gasteiger partial charge >= 0.3 is 0 Å². The molecule has 0 atom stereocenters. The third-order valence-electron chi connectivity index (χ3n) is 2.80. The number of hydrogen-bond donors (Lipinski definition) is 2. The molecule has 0 aromatic heterocycles. The first-order valence-corrected chi connectivity index (χ1v) is 6.97. The standard InChI is InChI=1S/C14H20FN3OS/c1-4-16-13(19)9-18(5-2)14(20)17-11-7-6-10(3)12(15)8-11/h6-8H,4-5,9H2,1-3H3,(H,16,19)(H,17,20). The van der Waals surface area contributed by atoms with Crippen molar-refractivity contribution in [2.75, 3.05) is 25.0 Å². The third-order valence-corrected chi connectivity index (χ3v) is 3.16. The third kappa shape index (κ3) is 4.77. The lowest BCUT2D eigenvalue weighted by molar-refractivity contribution is -0.121. The van der Waals surface area contributed by atoms with Crippen LogP contribution in [0.2, 0.25) is 0 Å². The minimum atomic E-state index is -0.287. The van der Waals surface area contributed by atoms with Crippen molar-refractivity contribution < 1.29 is 9.18 Å². The maximum atomic E-state index is 13.5. The number of benzene rings is 1. The zero-order valence-electron chi connectivity index (χ0n) is 12.0. The fraction of sp³-hybridized carbons (Fsp3) is 0.429. The summed E-state index contributed by atoms with van der Waals surface area (Å²) in [5.41, 5.74) is 1.16. The molecule has 0 saturated carbocycles. The minimum absolute atomic E-state index is 0.0893. The molecule has 0 aliphatic carbocycles. The summed E-state index contributed by atoms with van der Waals surface area (Å²) in [5, 5.41) is 6.07. The summed E-state index contributed by atoms with van der Waals surface area (Å²) >= 11 is 5.25. The molecule has 0 spiro atoms. The lowest BCUT2D eigenvalue weighted by Gasteiger charge is -2.23. The molecule has 1 aromatic carbocycles. The molecule has 0 aliphatic heterocycles. The van der Waals surface area contributed by atoms with Gasteiger partial charge in [-0.3, -0.25) is 4.79 Å². The van der Waals surface area contributed by atoms with E-state index in [1.807, 2.05) is 13.8 Å². The molecule has 2 N–H and O–H groups in total.